The van der Waals surface area contributed by atoms with Crippen molar-refractivity contribution in [2.75, 3.05) is 5.75 Å². The molecule has 0 N–H and O–H groups in total. The van der Waals surface area contributed by atoms with Gasteiger partial charge in [0.1, 0.15) is 0 Å². The van der Waals surface area contributed by atoms with Crippen LogP contribution in [0.15, 0.2) is 29.2 Å². The van der Waals surface area contributed by atoms with E-state index in [1.54, 1.807) is 31.2 Å². The fourth-order valence-corrected chi connectivity index (χ4v) is 7.46. The molecule has 5 nitrogen and oxygen atoms in total. The fourth-order valence-electron chi connectivity index (χ4n) is 6.23. The van der Waals surface area contributed by atoms with Gasteiger partial charge in [-0.25, -0.2) is 8.42 Å². The topological polar surface area (TPSA) is 77.5 Å². The van der Waals surface area contributed by atoms with Crippen molar-refractivity contribution in [2.45, 2.75) is 69.8 Å². The van der Waals surface area contributed by atoms with Crippen LogP contribution in [0.5, 0.6) is 0 Å². The highest BCUT2D eigenvalue weighted by Crippen LogP contribution is 2.60. The molecule has 6 heteroatoms. The highest BCUT2D eigenvalue weighted by molar-refractivity contribution is 7.91. The molecule has 4 bridgehead atoms. The van der Waals surface area contributed by atoms with Crippen LogP contribution in [0.1, 0.15) is 57.4 Å². The van der Waals surface area contributed by atoms with Gasteiger partial charge in [0.15, 0.2) is 21.7 Å². The zero-order valence-electron chi connectivity index (χ0n) is 17.2. The highest BCUT2D eigenvalue weighted by Gasteiger charge is 2.55. The smallest absolute Gasteiger partial charge is 0.307 e. The molecule has 0 saturated heterocycles. The Morgan fingerprint density at radius 2 is 1.55 bits per heavy atom. The van der Waals surface area contributed by atoms with Crippen molar-refractivity contribution in [1.82, 2.24) is 0 Å². The van der Waals surface area contributed by atoms with Crippen LogP contribution >= 0.6 is 0 Å². The van der Waals surface area contributed by atoms with E-state index in [-0.39, 0.29) is 28.3 Å². The molecule has 4 aliphatic rings. The van der Waals surface area contributed by atoms with Crippen LogP contribution in [0, 0.1) is 30.1 Å². The molecule has 4 aliphatic carbocycles. The molecule has 0 spiro atoms. The SMILES string of the molecule is Cc1ccc(S(=O)(=O)CCC(=O)OC(C)C(=O)C23CC4CC(CC(C4)C2)C3)cc1. The van der Waals surface area contributed by atoms with E-state index in [4.69, 9.17) is 4.74 Å². The number of hydrogen-bond acceptors (Lipinski definition) is 5. The second-order valence-corrected chi connectivity index (χ2v) is 11.7. The van der Waals surface area contributed by atoms with Crippen molar-refractivity contribution in [3.05, 3.63) is 29.8 Å². The summed E-state index contributed by atoms with van der Waals surface area (Å²) in [7, 11) is -3.55. The van der Waals surface area contributed by atoms with Gasteiger partial charge in [0.25, 0.3) is 0 Å². The molecule has 0 radical (unpaired) electrons. The number of ketones is 1. The predicted molar refractivity (Wildman–Crippen MR) is 109 cm³/mol. The van der Waals surface area contributed by atoms with Gasteiger partial charge in [-0.1, -0.05) is 17.7 Å². The number of carbonyl (C=O) groups excluding carboxylic acids is 2. The molecule has 0 amide bonds. The average molecular weight is 419 g/mol. The van der Waals surface area contributed by atoms with Crippen LogP contribution in [-0.2, 0) is 24.2 Å². The Hall–Kier alpha value is -1.69. The molecule has 1 unspecified atom stereocenters. The summed E-state index contributed by atoms with van der Waals surface area (Å²) in [5, 5.41) is 0. The van der Waals surface area contributed by atoms with Gasteiger partial charge in [-0.05, 0) is 82.3 Å². The van der Waals surface area contributed by atoms with E-state index >= 15 is 0 Å². The van der Waals surface area contributed by atoms with Crippen LogP contribution in [0.3, 0.4) is 0 Å². The molecular formula is C23H30O5S. The lowest BCUT2D eigenvalue weighted by Crippen LogP contribution is -2.52. The number of carbonyl (C=O) groups is 2. The van der Waals surface area contributed by atoms with Crippen LogP contribution < -0.4 is 0 Å². The number of aryl methyl sites for hydroxylation is 1. The minimum absolute atomic E-state index is 0.0475. The third-order valence-corrected chi connectivity index (χ3v) is 8.93. The van der Waals surface area contributed by atoms with Gasteiger partial charge in [-0.15, -0.1) is 0 Å². The molecule has 29 heavy (non-hydrogen) atoms. The van der Waals surface area contributed by atoms with Gasteiger partial charge in [0.05, 0.1) is 17.1 Å². The average Bonchev–Trinajstić information content (AvgIpc) is 2.65. The van der Waals surface area contributed by atoms with Gasteiger partial charge >= 0.3 is 5.97 Å². The fraction of sp³-hybridized carbons (Fsp3) is 0.652. The highest BCUT2D eigenvalue weighted by atomic mass is 32.2. The number of benzene rings is 1. The Bertz CT molecular complexity index is 864. The van der Waals surface area contributed by atoms with Gasteiger partial charge in [-0.3, -0.25) is 9.59 Å². The van der Waals surface area contributed by atoms with Crippen molar-refractivity contribution < 1.29 is 22.7 Å². The molecule has 0 aromatic heterocycles. The maximum Gasteiger partial charge on any atom is 0.307 e. The van der Waals surface area contributed by atoms with Crippen LogP contribution in [0.2, 0.25) is 0 Å². The summed E-state index contributed by atoms with van der Waals surface area (Å²) in [5.41, 5.74) is 0.656. The first kappa shape index (κ1) is 20.6. The molecular weight excluding hydrogens is 388 g/mol. The summed E-state index contributed by atoms with van der Waals surface area (Å²) < 4.78 is 30.2. The Morgan fingerprint density at radius 3 is 2.07 bits per heavy atom. The first-order chi connectivity index (χ1) is 13.7. The third-order valence-electron chi connectivity index (χ3n) is 7.19. The maximum atomic E-state index is 13.2. The zero-order chi connectivity index (χ0) is 20.8. The summed E-state index contributed by atoms with van der Waals surface area (Å²) in [6.45, 7) is 3.53. The van der Waals surface area contributed by atoms with Crippen molar-refractivity contribution in [3.8, 4) is 0 Å². The summed E-state index contributed by atoms with van der Waals surface area (Å²) in [6.07, 6.45) is 5.49. The van der Waals surface area contributed by atoms with Crippen molar-refractivity contribution in [2.24, 2.45) is 23.2 Å². The number of rotatable bonds is 7. The van der Waals surface area contributed by atoms with E-state index in [1.807, 2.05) is 6.92 Å². The lowest BCUT2D eigenvalue weighted by atomic mass is 9.48. The number of Topliss-reactive ketones (excluding diaryl/α,β-unsaturated/α-hetero) is 1. The largest absolute Gasteiger partial charge is 0.455 e. The monoisotopic (exact) mass is 418 g/mol. The quantitative estimate of drug-likeness (QED) is 0.628. The van der Waals surface area contributed by atoms with E-state index < -0.39 is 21.9 Å². The van der Waals surface area contributed by atoms with E-state index in [2.05, 4.69) is 0 Å². The first-order valence-corrected chi connectivity index (χ1v) is 12.4. The van der Waals surface area contributed by atoms with Crippen LogP contribution in [0.25, 0.3) is 0 Å². The van der Waals surface area contributed by atoms with Crippen molar-refractivity contribution >= 4 is 21.6 Å². The van der Waals surface area contributed by atoms with Crippen molar-refractivity contribution in [3.63, 3.8) is 0 Å². The molecule has 1 atom stereocenters. The lowest BCUT2D eigenvalue weighted by Gasteiger charge is -2.56. The third kappa shape index (κ3) is 4.14. The lowest BCUT2D eigenvalue weighted by molar-refractivity contribution is -0.164. The normalized spacial score (nSPS) is 31.4. The van der Waals surface area contributed by atoms with Gasteiger partial charge in [-0.2, -0.15) is 0 Å². The van der Waals surface area contributed by atoms with E-state index in [1.165, 1.54) is 19.3 Å². The number of hydrogen-bond donors (Lipinski definition) is 0. The predicted octanol–water partition coefficient (Wildman–Crippen LogP) is 3.88. The first-order valence-electron chi connectivity index (χ1n) is 10.7. The van der Waals surface area contributed by atoms with E-state index in [0.717, 1.165) is 24.8 Å². The Balaban J connectivity index is 1.34. The van der Waals surface area contributed by atoms with Crippen LogP contribution in [-0.4, -0.2) is 32.0 Å². The minimum Gasteiger partial charge on any atom is -0.455 e. The molecule has 0 aliphatic heterocycles. The minimum atomic E-state index is -3.55. The summed E-state index contributed by atoms with van der Waals surface area (Å²) in [4.78, 5) is 25.7. The summed E-state index contributed by atoms with van der Waals surface area (Å²) in [5.74, 6) is 1.05. The Morgan fingerprint density at radius 1 is 1.03 bits per heavy atom. The Labute approximate surface area is 173 Å². The number of sulfone groups is 1. The van der Waals surface area contributed by atoms with E-state index in [9.17, 15) is 18.0 Å². The molecule has 1 aromatic carbocycles. The molecule has 5 rings (SSSR count). The van der Waals surface area contributed by atoms with Gasteiger partial charge < -0.3 is 4.74 Å². The molecule has 4 fully saturated rings. The molecule has 0 heterocycles. The summed E-state index contributed by atoms with van der Waals surface area (Å²) in [6, 6.07) is 6.57. The van der Waals surface area contributed by atoms with Crippen LogP contribution in [0.4, 0.5) is 0 Å². The molecule has 4 saturated carbocycles. The second-order valence-electron chi connectivity index (χ2n) is 9.58. The second kappa shape index (κ2) is 7.53. The summed E-state index contributed by atoms with van der Waals surface area (Å²) >= 11 is 0. The standard InChI is InChI=1S/C23H30O5S/c1-15-3-5-20(6-4-15)29(26,27)8-7-21(24)28-16(2)22(25)23-12-17-9-18(13-23)11-19(10-17)14-23/h3-6,16-19H,7-14H2,1-2H3. The Kier molecular flexibility index (Phi) is 5.34. The maximum absolute atomic E-state index is 13.2. The van der Waals surface area contributed by atoms with Crippen molar-refractivity contribution in [1.29, 1.82) is 0 Å². The zero-order valence-corrected chi connectivity index (χ0v) is 18.0. The molecule has 1 aromatic rings. The van der Waals surface area contributed by atoms with Gasteiger partial charge in [0.2, 0.25) is 0 Å². The molecule has 158 valence electrons. The van der Waals surface area contributed by atoms with Gasteiger partial charge in [0, 0.05) is 5.41 Å². The van der Waals surface area contributed by atoms with E-state index in [0.29, 0.717) is 17.8 Å². The number of esters is 1. The number of ether oxygens (including phenoxy) is 1.